The Labute approximate surface area is 97.3 Å². The van der Waals surface area contributed by atoms with Gasteiger partial charge in [-0.2, -0.15) is 5.10 Å². The van der Waals surface area contributed by atoms with Gasteiger partial charge in [-0.05, 0) is 18.6 Å². The molecule has 1 aromatic carbocycles. The molecule has 3 nitrogen and oxygen atoms in total. The van der Waals surface area contributed by atoms with E-state index in [1.807, 2.05) is 32.2 Å². The molecule has 0 unspecified atom stereocenters. The van der Waals surface area contributed by atoms with Crippen LogP contribution in [0.25, 0.3) is 0 Å². The highest BCUT2D eigenvalue weighted by molar-refractivity contribution is 9.10. The van der Waals surface area contributed by atoms with E-state index in [9.17, 15) is 0 Å². The maximum atomic E-state index is 4.38. The van der Waals surface area contributed by atoms with Gasteiger partial charge in [-0.1, -0.05) is 34.1 Å². The van der Waals surface area contributed by atoms with Gasteiger partial charge in [-0.15, -0.1) is 0 Å². The van der Waals surface area contributed by atoms with Gasteiger partial charge in [-0.25, -0.2) is 4.98 Å². The van der Waals surface area contributed by atoms with Crippen LogP contribution >= 0.6 is 15.9 Å². The van der Waals surface area contributed by atoms with Crippen LogP contribution in [0.4, 0.5) is 0 Å². The van der Waals surface area contributed by atoms with Crippen molar-refractivity contribution in [1.82, 2.24) is 14.8 Å². The number of aryl methyl sites for hydroxylation is 2. The third kappa shape index (κ3) is 2.26. The Morgan fingerprint density at radius 2 is 2.07 bits per heavy atom. The lowest BCUT2D eigenvalue weighted by atomic mass is 10.1. The summed E-state index contributed by atoms with van der Waals surface area (Å²) in [4.78, 5) is 4.38. The van der Waals surface area contributed by atoms with Gasteiger partial charge in [0.1, 0.15) is 5.82 Å². The van der Waals surface area contributed by atoms with Crippen molar-refractivity contribution >= 4 is 15.9 Å². The van der Waals surface area contributed by atoms with Crippen molar-refractivity contribution < 1.29 is 0 Å². The van der Waals surface area contributed by atoms with Crippen LogP contribution in [0.15, 0.2) is 28.7 Å². The van der Waals surface area contributed by atoms with Crippen molar-refractivity contribution in [3.05, 3.63) is 46.0 Å². The van der Waals surface area contributed by atoms with Crippen molar-refractivity contribution in [2.75, 3.05) is 0 Å². The molecule has 15 heavy (non-hydrogen) atoms. The summed E-state index contributed by atoms with van der Waals surface area (Å²) >= 11 is 3.52. The molecule has 0 radical (unpaired) electrons. The molecule has 2 rings (SSSR count). The topological polar surface area (TPSA) is 30.7 Å². The Morgan fingerprint density at radius 3 is 2.67 bits per heavy atom. The molecule has 0 amide bonds. The molecule has 0 saturated heterocycles. The standard InChI is InChI=1S/C11H12BrN3/c1-8-13-11(14-15(8)2)7-9-5-3-4-6-10(9)12/h3-6H,7H2,1-2H3. The third-order valence-corrected chi connectivity index (χ3v) is 3.10. The molecule has 0 aliphatic carbocycles. The summed E-state index contributed by atoms with van der Waals surface area (Å²) in [6.45, 7) is 1.95. The first-order chi connectivity index (χ1) is 7.16. The monoisotopic (exact) mass is 265 g/mol. The highest BCUT2D eigenvalue weighted by Crippen LogP contribution is 2.18. The van der Waals surface area contributed by atoms with E-state index in [0.29, 0.717) is 0 Å². The van der Waals surface area contributed by atoms with Crippen LogP contribution in [0.1, 0.15) is 17.2 Å². The zero-order valence-corrected chi connectivity index (χ0v) is 10.3. The lowest BCUT2D eigenvalue weighted by molar-refractivity contribution is 0.724. The maximum absolute atomic E-state index is 4.38. The minimum absolute atomic E-state index is 0.767. The molecule has 2 aromatic rings. The fraction of sp³-hybridized carbons (Fsp3) is 0.273. The molecule has 0 N–H and O–H groups in total. The number of hydrogen-bond donors (Lipinski definition) is 0. The second-order valence-corrected chi connectivity index (χ2v) is 4.32. The SMILES string of the molecule is Cc1nc(Cc2ccccc2Br)nn1C. The predicted molar refractivity (Wildman–Crippen MR) is 62.7 cm³/mol. The second kappa shape index (κ2) is 4.14. The summed E-state index contributed by atoms with van der Waals surface area (Å²) in [5.41, 5.74) is 1.21. The van der Waals surface area contributed by atoms with Gasteiger partial charge in [0.05, 0.1) is 0 Å². The van der Waals surface area contributed by atoms with Gasteiger partial charge in [-0.3, -0.25) is 4.68 Å². The Bertz CT molecular complexity index is 457. The van der Waals surface area contributed by atoms with Crippen molar-refractivity contribution in [3.63, 3.8) is 0 Å². The minimum Gasteiger partial charge on any atom is -0.253 e. The molecule has 0 spiro atoms. The van der Waals surface area contributed by atoms with Gasteiger partial charge >= 0.3 is 0 Å². The first-order valence-electron chi connectivity index (χ1n) is 4.77. The molecule has 1 heterocycles. The molecule has 0 bridgehead atoms. The summed E-state index contributed by atoms with van der Waals surface area (Å²) in [5, 5.41) is 4.33. The highest BCUT2D eigenvalue weighted by Gasteiger charge is 2.06. The van der Waals surface area contributed by atoms with E-state index >= 15 is 0 Å². The van der Waals surface area contributed by atoms with Crippen LogP contribution in [0.2, 0.25) is 0 Å². The Hall–Kier alpha value is -1.16. The lowest BCUT2D eigenvalue weighted by Crippen LogP contribution is -1.95. The molecule has 0 aliphatic rings. The first kappa shape index (κ1) is 10.4. The number of hydrogen-bond acceptors (Lipinski definition) is 2. The molecule has 0 fully saturated rings. The number of rotatable bonds is 2. The average molecular weight is 266 g/mol. The van der Waals surface area contributed by atoms with Crippen molar-refractivity contribution in [2.24, 2.45) is 7.05 Å². The van der Waals surface area contributed by atoms with Gasteiger partial charge in [0, 0.05) is 17.9 Å². The number of halogens is 1. The fourth-order valence-electron chi connectivity index (χ4n) is 1.41. The fourth-order valence-corrected chi connectivity index (χ4v) is 1.84. The van der Waals surface area contributed by atoms with Crippen LogP contribution in [0.5, 0.6) is 0 Å². The van der Waals surface area contributed by atoms with Crippen molar-refractivity contribution in [1.29, 1.82) is 0 Å². The summed E-state index contributed by atoms with van der Waals surface area (Å²) in [6.07, 6.45) is 0.767. The van der Waals surface area contributed by atoms with Gasteiger partial charge in [0.25, 0.3) is 0 Å². The summed E-state index contributed by atoms with van der Waals surface area (Å²) in [5.74, 6) is 1.80. The Morgan fingerprint density at radius 1 is 1.33 bits per heavy atom. The van der Waals surface area contributed by atoms with Gasteiger partial charge < -0.3 is 0 Å². The average Bonchev–Trinajstić information content (AvgIpc) is 2.50. The summed E-state index contributed by atoms with van der Waals surface area (Å²) in [7, 11) is 1.91. The van der Waals surface area contributed by atoms with E-state index in [1.54, 1.807) is 4.68 Å². The number of aromatic nitrogens is 3. The van der Waals surface area contributed by atoms with E-state index in [4.69, 9.17) is 0 Å². The molecule has 0 aliphatic heterocycles. The maximum Gasteiger partial charge on any atom is 0.155 e. The van der Waals surface area contributed by atoms with E-state index in [2.05, 4.69) is 32.1 Å². The zero-order chi connectivity index (χ0) is 10.8. The lowest BCUT2D eigenvalue weighted by Gasteiger charge is -1.99. The quantitative estimate of drug-likeness (QED) is 0.836. The minimum atomic E-state index is 0.767. The van der Waals surface area contributed by atoms with Crippen LogP contribution in [-0.2, 0) is 13.5 Å². The largest absolute Gasteiger partial charge is 0.253 e. The molecule has 1 aromatic heterocycles. The molecular formula is C11H12BrN3. The van der Waals surface area contributed by atoms with Gasteiger partial charge in [0.15, 0.2) is 5.82 Å². The van der Waals surface area contributed by atoms with Crippen molar-refractivity contribution in [3.8, 4) is 0 Å². The second-order valence-electron chi connectivity index (χ2n) is 3.47. The Balaban J connectivity index is 2.26. The first-order valence-corrected chi connectivity index (χ1v) is 5.56. The van der Waals surface area contributed by atoms with Crippen LogP contribution in [0.3, 0.4) is 0 Å². The van der Waals surface area contributed by atoms with E-state index < -0.39 is 0 Å². The molecule has 0 atom stereocenters. The molecule has 0 saturated carbocycles. The predicted octanol–water partition coefficient (Wildman–Crippen LogP) is 2.48. The van der Waals surface area contributed by atoms with Crippen LogP contribution in [-0.4, -0.2) is 14.8 Å². The summed E-state index contributed by atoms with van der Waals surface area (Å²) in [6, 6.07) is 8.14. The molecule has 4 heteroatoms. The van der Waals surface area contributed by atoms with Gasteiger partial charge in [0.2, 0.25) is 0 Å². The zero-order valence-electron chi connectivity index (χ0n) is 8.74. The third-order valence-electron chi connectivity index (χ3n) is 2.33. The number of benzene rings is 1. The normalized spacial score (nSPS) is 10.6. The number of nitrogens with zero attached hydrogens (tertiary/aromatic N) is 3. The van der Waals surface area contributed by atoms with E-state index in [0.717, 1.165) is 22.5 Å². The summed E-state index contributed by atoms with van der Waals surface area (Å²) < 4.78 is 2.90. The van der Waals surface area contributed by atoms with E-state index in [1.165, 1.54) is 5.56 Å². The highest BCUT2D eigenvalue weighted by atomic mass is 79.9. The smallest absolute Gasteiger partial charge is 0.155 e. The van der Waals surface area contributed by atoms with Crippen molar-refractivity contribution in [2.45, 2.75) is 13.3 Å². The van der Waals surface area contributed by atoms with Crippen LogP contribution in [0, 0.1) is 6.92 Å². The van der Waals surface area contributed by atoms with E-state index in [-0.39, 0.29) is 0 Å². The van der Waals surface area contributed by atoms with Crippen LogP contribution < -0.4 is 0 Å². The molecular weight excluding hydrogens is 254 g/mol. The Kier molecular flexibility index (Phi) is 2.86. The molecule has 78 valence electrons.